The topological polar surface area (TPSA) is 107 Å². The first kappa shape index (κ1) is 29.9. The molecule has 2 N–H and O–H groups in total. The number of methoxy groups -OCH3 is 1. The molecule has 0 amide bonds. The van der Waals surface area contributed by atoms with Crippen LogP contribution in [0.4, 0.5) is 5.69 Å². The molecule has 0 aromatic heterocycles. The number of ketones is 1. The molecule has 0 saturated carbocycles. The number of nitrogens with zero attached hydrogens (tertiary/aromatic N) is 2. The zero-order valence-electron chi connectivity index (χ0n) is 23.0. The molecule has 0 radical (unpaired) electrons. The molecule has 1 saturated heterocycles. The Morgan fingerprint density at radius 1 is 1.05 bits per heavy atom. The monoisotopic (exact) mass is 536 g/mol. The molecular weight excluding hydrogens is 496 g/mol. The molecule has 0 spiro atoms. The van der Waals surface area contributed by atoms with Crippen molar-refractivity contribution in [3.8, 4) is 5.75 Å². The minimum Gasteiger partial charge on any atom is -0.496 e. The van der Waals surface area contributed by atoms with Crippen LogP contribution < -0.4 is 9.64 Å². The lowest BCUT2D eigenvalue weighted by Gasteiger charge is -2.22. The molecule has 4 rings (SSSR count). The average Bonchev–Trinajstić information content (AvgIpc) is 3.58. The third kappa shape index (κ3) is 8.96. The van der Waals surface area contributed by atoms with Crippen molar-refractivity contribution < 1.29 is 29.3 Å². The van der Waals surface area contributed by atoms with Crippen LogP contribution in [-0.2, 0) is 22.6 Å². The number of Topliss-reactive ketones (excluding diaryl/α,β-unsaturated/α-hetero) is 1. The van der Waals surface area contributed by atoms with E-state index in [0.29, 0.717) is 17.9 Å². The van der Waals surface area contributed by atoms with Gasteiger partial charge in [-0.05, 0) is 75.0 Å². The summed E-state index contributed by atoms with van der Waals surface area (Å²) in [5.74, 6) is -1.01. The number of carboxylic acids is 2. The van der Waals surface area contributed by atoms with Gasteiger partial charge in [-0.15, -0.1) is 0 Å². The Kier molecular flexibility index (Phi) is 11.6. The fraction of sp³-hybridized carbons (Fsp3) is 0.452. The van der Waals surface area contributed by atoms with Gasteiger partial charge in [0.05, 0.1) is 7.11 Å². The number of para-hydroxylation sites is 1. The van der Waals surface area contributed by atoms with Gasteiger partial charge in [-0.2, -0.15) is 0 Å². The summed E-state index contributed by atoms with van der Waals surface area (Å²) in [5, 5.41) is 15.6. The van der Waals surface area contributed by atoms with Crippen molar-refractivity contribution in [2.75, 3.05) is 38.2 Å². The van der Waals surface area contributed by atoms with E-state index in [1.807, 2.05) is 12.1 Å². The van der Waals surface area contributed by atoms with Crippen molar-refractivity contribution in [2.24, 2.45) is 5.92 Å². The lowest BCUT2D eigenvalue weighted by Crippen LogP contribution is -2.24. The summed E-state index contributed by atoms with van der Waals surface area (Å²) in [4.78, 5) is 36.9. The van der Waals surface area contributed by atoms with Crippen molar-refractivity contribution in [1.82, 2.24) is 4.90 Å². The molecule has 0 bridgehead atoms. The number of carboxylic acid groups (broad SMARTS) is 2. The number of unbranched alkanes of at least 4 members (excludes halogenated alkanes) is 1. The molecule has 8 heteroatoms. The Bertz CT molecular complexity index is 1140. The quantitative estimate of drug-likeness (QED) is 0.287. The summed E-state index contributed by atoms with van der Waals surface area (Å²) in [7, 11) is 1.74. The Morgan fingerprint density at radius 2 is 1.74 bits per heavy atom. The van der Waals surface area contributed by atoms with Crippen molar-refractivity contribution >= 4 is 23.4 Å². The maximum absolute atomic E-state index is 12.9. The van der Waals surface area contributed by atoms with E-state index in [2.05, 4.69) is 47.1 Å². The summed E-state index contributed by atoms with van der Waals surface area (Å²) in [5.41, 5.74) is 4.78. The van der Waals surface area contributed by atoms with Crippen LogP contribution in [0.15, 0.2) is 54.6 Å². The average molecular weight is 537 g/mol. The van der Waals surface area contributed by atoms with Crippen molar-refractivity contribution in [1.29, 1.82) is 0 Å². The highest BCUT2D eigenvalue weighted by molar-refractivity contribution is 6.02. The lowest BCUT2D eigenvalue weighted by atomic mass is 9.98. The zero-order valence-corrected chi connectivity index (χ0v) is 23.0. The van der Waals surface area contributed by atoms with Gasteiger partial charge in [-0.3, -0.25) is 9.69 Å². The van der Waals surface area contributed by atoms with Gasteiger partial charge in [0.1, 0.15) is 5.75 Å². The van der Waals surface area contributed by atoms with Crippen LogP contribution in [0.2, 0.25) is 0 Å². The lowest BCUT2D eigenvalue weighted by molar-refractivity contribution is -0.134. The fourth-order valence-electron chi connectivity index (χ4n) is 5.26. The van der Waals surface area contributed by atoms with Crippen LogP contribution in [0.5, 0.6) is 5.75 Å². The molecule has 8 nitrogen and oxygen atoms in total. The van der Waals surface area contributed by atoms with E-state index in [1.54, 1.807) is 7.11 Å². The molecular formula is C31H40N2O6. The molecule has 1 atom stereocenters. The van der Waals surface area contributed by atoms with Gasteiger partial charge in [0.15, 0.2) is 5.78 Å². The van der Waals surface area contributed by atoms with E-state index in [4.69, 9.17) is 14.9 Å². The number of carbonyl (C=O) groups is 3. The largest absolute Gasteiger partial charge is 0.496 e. The number of anilines is 1. The van der Waals surface area contributed by atoms with E-state index < -0.39 is 11.9 Å². The van der Waals surface area contributed by atoms with E-state index >= 15 is 0 Å². The van der Waals surface area contributed by atoms with Crippen LogP contribution in [0, 0.1) is 5.92 Å². The summed E-state index contributed by atoms with van der Waals surface area (Å²) < 4.78 is 5.50. The summed E-state index contributed by atoms with van der Waals surface area (Å²) in [6, 6.07) is 14.8. The summed E-state index contributed by atoms with van der Waals surface area (Å²) >= 11 is 0. The molecule has 2 aromatic carbocycles. The van der Waals surface area contributed by atoms with Gasteiger partial charge in [-0.1, -0.05) is 31.5 Å². The van der Waals surface area contributed by atoms with Gasteiger partial charge in [-0.25, -0.2) is 9.59 Å². The number of rotatable bonds is 12. The highest BCUT2D eigenvalue weighted by Crippen LogP contribution is 2.33. The van der Waals surface area contributed by atoms with Gasteiger partial charge in [0, 0.05) is 54.5 Å². The fourth-order valence-corrected chi connectivity index (χ4v) is 5.26. The maximum Gasteiger partial charge on any atom is 0.328 e. The molecule has 1 fully saturated rings. The van der Waals surface area contributed by atoms with E-state index in [9.17, 15) is 14.4 Å². The second-order valence-electron chi connectivity index (χ2n) is 9.99. The van der Waals surface area contributed by atoms with E-state index in [0.717, 1.165) is 69.7 Å². The van der Waals surface area contributed by atoms with Crippen LogP contribution in [-0.4, -0.2) is 66.1 Å². The van der Waals surface area contributed by atoms with E-state index in [1.165, 1.54) is 29.7 Å². The van der Waals surface area contributed by atoms with Crippen molar-refractivity contribution in [2.45, 2.75) is 52.0 Å². The first-order valence-corrected chi connectivity index (χ1v) is 13.7. The Balaban J connectivity index is 0.000000459. The van der Waals surface area contributed by atoms with Crippen LogP contribution in [0.25, 0.3) is 0 Å². The predicted octanol–water partition coefficient (Wildman–Crippen LogP) is 5.05. The standard InChI is InChI=1S/C27H36N2O2.C4H4O4/c1-3-28(20-22-11-4-5-12-26(22)31-2)15-7-6-10-21-18-23-19-24(29-16-8-9-17-29)13-14-25(23)27(21)30;5-3(6)1-2-4(7)8/h4-5,11-14,19,21H,3,6-10,15-18,20H2,1-2H3;1-2H,(H,5,6)(H,7,8)/b;2-1+. The minimum atomic E-state index is -1.26. The van der Waals surface area contributed by atoms with Gasteiger partial charge in [0.2, 0.25) is 0 Å². The first-order chi connectivity index (χ1) is 18.8. The number of hydrogen-bond donors (Lipinski definition) is 2. The molecule has 2 aromatic rings. The molecule has 1 heterocycles. The van der Waals surface area contributed by atoms with E-state index in [-0.39, 0.29) is 5.92 Å². The summed E-state index contributed by atoms with van der Waals surface area (Å²) in [6.45, 7) is 7.50. The summed E-state index contributed by atoms with van der Waals surface area (Å²) in [6.07, 6.45) is 7.83. The molecule has 1 unspecified atom stereocenters. The minimum absolute atomic E-state index is 0.174. The van der Waals surface area contributed by atoms with Gasteiger partial charge >= 0.3 is 11.9 Å². The zero-order chi connectivity index (χ0) is 28.2. The number of aliphatic carboxylic acids is 2. The Labute approximate surface area is 230 Å². The molecule has 1 aliphatic heterocycles. The Hall–Kier alpha value is -3.65. The van der Waals surface area contributed by atoms with Gasteiger partial charge in [0.25, 0.3) is 0 Å². The Morgan fingerprint density at radius 3 is 2.38 bits per heavy atom. The number of benzene rings is 2. The third-order valence-electron chi connectivity index (χ3n) is 7.34. The van der Waals surface area contributed by atoms with Crippen LogP contribution in [0.3, 0.4) is 0 Å². The number of ether oxygens (including phenoxy) is 1. The van der Waals surface area contributed by atoms with Crippen LogP contribution >= 0.6 is 0 Å². The SMILES string of the molecule is CCN(CCCCC1Cc2cc(N3CCCC3)ccc2C1=O)Cc1ccccc1OC.O=C(O)/C=C/C(=O)O. The smallest absolute Gasteiger partial charge is 0.328 e. The third-order valence-corrected chi connectivity index (χ3v) is 7.34. The van der Waals surface area contributed by atoms with Crippen molar-refractivity contribution in [3.63, 3.8) is 0 Å². The molecule has 2 aliphatic rings. The normalized spacial score (nSPS) is 16.3. The second kappa shape index (κ2) is 15.1. The first-order valence-electron chi connectivity index (χ1n) is 13.7. The van der Waals surface area contributed by atoms with Crippen LogP contribution in [0.1, 0.15) is 60.5 Å². The maximum atomic E-state index is 12.9. The van der Waals surface area contributed by atoms with Gasteiger partial charge < -0.3 is 19.8 Å². The molecule has 39 heavy (non-hydrogen) atoms. The highest BCUT2D eigenvalue weighted by Gasteiger charge is 2.30. The molecule has 1 aliphatic carbocycles. The molecule has 210 valence electrons. The van der Waals surface area contributed by atoms with Crippen molar-refractivity contribution in [3.05, 3.63) is 71.3 Å². The highest BCUT2D eigenvalue weighted by atomic mass is 16.5. The predicted molar refractivity (Wildman–Crippen MR) is 152 cm³/mol. The number of carbonyl (C=O) groups excluding carboxylic acids is 1. The second-order valence-corrected chi connectivity index (χ2v) is 9.99. The number of fused-ring (bicyclic) bond motifs is 1. The number of hydrogen-bond acceptors (Lipinski definition) is 6.